The van der Waals surface area contributed by atoms with Gasteiger partial charge < -0.3 is 14.2 Å². The van der Waals surface area contributed by atoms with Crippen LogP contribution >= 0.6 is 0 Å². The fourth-order valence-electron chi connectivity index (χ4n) is 3.26. The van der Waals surface area contributed by atoms with Crippen molar-refractivity contribution >= 4 is 5.65 Å². The summed E-state index contributed by atoms with van der Waals surface area (Å²) < 4.78 is 18.2. The third kappa shape index (κ3) is 2.57. The van der Waals surface area contributed by atoms with Crippen molar-refractivity contribution in [3.8, 4) is 39.8 Å². The van der Waals surface area contributed by atoms with Crippen molar-refractivity contribution in [3.63, 3.8) is 0 Å². The molecule has 0 saturated heterocycles. The van der Waals surface area contributed by atoms with Crippen molar-refractivity contribution in [2.75, 3.05) is 13.9 Å². The first kappa shape index (κ1) is 15.7. The molecule has 0 fully saturated rings. The fourth-order valence-corrected chi connectivity index (χ4v) is 3.26. The lowest BCUT2D eigenvalue weighted by Crippen LogP contribution is -1.97. The van der Waals surface area contributed by atoms with Crippen LogP contribution in [0.25, 0.3) is 28.2 Å². The van der Waals surface area contributed by atoms with Crippen LogP contribution < -0.4 is 14.2 Å². The lowest BCUT2D eigenvalue weighted by atomic mass is 10.1. The Hall–Kier alpha value is -3.54. The van der Waals surface area contributed by atoms with E-state index in [9.17, 15) is 0 Å². The van der Waals surface area contributed by atoms with E-state index in [-0.39, 0.29) is 6.79 Å². The SMILES string of the molecule is COc1cc(-c2cnc3ccc(-c4ccc5c(c4)OCO5)nn23)ccc1C. The van der Waals surface area contributed by atoms with Crippen LogP contribution in [-0.4, -0.2) is 28.5 Å². The molecule has 0 radical (unpaired) electrons. The molecule has 1 aliphatic heterocycles. The summed E-state index contributed by atoms with van der Waals surface area (Å²) in [6.45, 7) is 2.28. The number of rotatable bonds is 3. The van der Waals surface area contributed by atoms with Gasteiger partial charge in [-0.25, -0.2) is 9.50 Å². The number of methoxy groups -OCH3 is 1. The Labute approximate surface area is 156 Å². The summed E-state index contributed by atoms with van der Waals surface area (Å²) in [4.78, 5) is 4.48. The topological polar surface area (TPSA) is 57.9 Å². The van der Waals surface area contributed by atoms with Gasteiger partial charge in [0, 0.05) is 11.1 Å². The third-order valence-electron chi connectivity index (χ3n) is 4.73. The van der Waals surface area contributed by atoms with Gasteiger partial charge in [-0.05, 0) is 48.9 Å². The molecule has 0 spiro atoms. The molecule has 27 heavy (non-hydrogen) atoms. The molecule has 1 aliphatic rings. The molecule has 2 aromatic carbocycles. The number of imidazole rings is 1. The highest BCUT2D eigenvalue weighted by atomic mass is 16.7. The van der Waals surface area contributed by atoms with Gasteiger partial charge in [0.25, 0.3) is 0 Å². The van der Waals surface area contributed by atoms with Gasteiger partial charge in [0.2, 0.25) is 6.79 Å². The normalized spacial score (nSPS) is 12.5. The molecule has 5 rings (SSSR count). The van der Waals surface area contributed by atoms with E-state index >= 15 is 0 Å². The smallest absolute Gasteiger partial charge is 0.231 e. The van der Waals surface area contributed by atoms with Crippen LogP contribution in [0.15, 0.2) is 54.7 Å². The molecular weight excluding hydrogens is 342 g/mol. The highest BCUT2D eigenvalue weighted by Gasteiger charge is 2.15. The van der Waals surface area contributed by atoms with E-state index in [1.807, 2.05) is 60.1 Å². The molecule has 3 heterocycles. The number of nitrogens with zero attached hydrogens (tertiary/aromatic N) is 3. The Morgan fingerprint density at radius 3 is 2.70 bits per heavy atom. The summed E-state index contributed by atoms with van der Waals surface area (Å²) in [5.74, 6) is 2.34. The predicted octanol–water partition coefficient (Wildman–Crippen LogP) is 4.11. The van der Waals surface area contributed by atoms with Crippen LogP contribution in [0.4, 0.5) is 0 Å². The van der Waals surface area contributed by atoms with Crippen molar-refractivity contribution in [1.82, 2.24) is 14.6 Å². The predicted molar refractivity (Wildman–Crippen MR) is 101 cm³/mol. The number of aryl methyl sites for hydroxylation is 1. The van der Waals surface area contributed by atoms with Crippen molar-refractivity contribution in [1.29, 1.82) is 0 Å². The Balaban J connectivity index is 1.63. The second-order valence-corrected chi connectivity index (χ2v) is 6.38. The minimum Gasteiger partial charge on any atom is -0.496 e. The van der Waals surface area contributed by atoms with Gasteiger partial charge in [-0.15, -0.1) is 0 Å². The van der Waals surface area contributed by atoms with Gasteiger partial charge in [-0.3, -0.25) is 0 Å². The van der Waals surface area contributed by atoms with E-state index in [1.54, 1.807) is 7.11 Å². The first-order chi connectivity index (χ1) is 13.2. The third-order valence-corrected chi connectivity index (χ3v) is 4.73. The molecule has 4 aromatic rings. The molecule has 0 saturated carbocycles. The quantitative estimate of drug-likeness (QED) is 0.551. The second-order valence-electron chi connectivity index (χ2n) is 6.38. The molecule has 2 aromatic heterocycles. The number of aromatic nitrogens is 3. The first-order valence-corrected chi connectivity index (χ1v) is 8.63. The van der Waals surface area contributed by atoms with Crippen molar-refractivity contribution in [2.24, 2.45) is 0 Å². The summed E-state index contributed by atoms with van der Waals surface area (Å²) in [5.41, 5.74) is 5.57. The van der Waals surface area contributed by atoms with Crippen LogP contribution in [0.2, 0.25) is 0 Å². The summed E-state index contributed by atoms with van der Waals surface area (Å²) in [7, 11) is 1.68. The zero-order chi connectivity index (χ0) is 18.4. The Bertz CT molecular complexity index is 1170. The molecule has 0 bridgehead atoms. The molecule has 134 valence electrons. The van der Waals surface area contributed by atoms with Crippen molar-refractivity contribution in [3.05, 3.63) is 60.3 Å². The fraction of sp³-hybridized carbons (Fsp3) is 0.143. The van der Waals surface area contributed by atoms with Crippen LogP contribution in [-0.2, 0) is 0 Å². The number of benzene rings is 2. The maximum atomic E-state index is 5.48. The largest absolute Gasteiger partial charge is 0.496 e. The van der Waals surface area contributed by atoms with Crippen LogP contribution in [0.3, 0.4) is 0 Å². The number of hydrogen-bond acceptors (Lipinski definition) is 5. The van der Waals surface area contributed by atoms with E-state index in [4.69, 9.17) is 19.3 Å². The highest BCUT2D eigenvalue weighted by molar-refractivity contribution is 5.69. The van der Waals surface area contributed by atoms with Gasteiger partial charge in [0.15, 0.2) is 17.1 Å². The van der Waals surface area contributed by atoms with E-state index in [0.29, 0.717) is 0 Å². The minimum atomic E-state index is 0.256. The summed E-state index contributed by atoms with van der Waals surface area (Å²) in [5, 5.41) is 4.80. The standard InChI is InChI=1S/C21H17N3O3/c1-13-3-4-15(10-19(13)25-2)17-11-22-21-8-6-16(23-24(17)21)14-5-7-18-20(9-14)27-12-26-18/h3-11H,12H2,1-2H3. The van der Waals surface area contributed by atoms with Crippen LogP contribution in [0.5, 0.6) is 17.2 Å². The Kier molecular flexibility index (Phi) is 3.50. The second kappa shape index (κ2) is 6.02. The van der Waals surface area contributed by atoms with E-state index < -0.39 is 0 Å². The molecule has 6 heteroatoms. The Morgan fingerprint density at radius 1 is 0.963 bits per heavy atom. The van der Waals surface area contributed by atoms with Crippen molar-refractivity contribution < 1.29 is 14.2 Å². The van der Waals surface area contributed by atoms with Gasteiger partial charge in [-0.2, -0.15) is 5.10 Å². The average molecular weight is 359 g/mol. The monoisotopic (exact) mass is 359 g/mol. The molecule has 0 aliphatic carbocycles. The van der Waals surface area contributed by atoms with Crippen LogP contribution in [0.1, 0.15) is 5.56 Å². The molecule has 0 N–H and O–H groups in total. The summed E-state index contributed by atoms with van der Waals surface area (Å²) in [6, 6.07) is 15.8. The molecule has 6 nitrogen and oxygen atoms in total. The number of ether oxygens (including phenoxy) is 3. The lowest BCUT2D eigenvalue weighted by molar-refractivity contribution is 0.174. The molecule has 0 amide bonds. The maximum Gasteiger partial charge on any atom is 0.231 e. The molecule has 0 atom stereocenters. The van der Waals surface area contributed by atoms with E-state index in [2.05, 4.69) is 11.1 Å². The van der Waals surface area contributed by atoms with Gasteiger partial charge in [0.05, 0.1) is 24.7 Å². The lowest BCUT2D eigenvalue weighted by Gasteiger charge is -2.08. The van der Waals surface area contributed by atoms with Gasteiger partial charge >= 0.3 is 0 Å². The zero-order valence-electron chi connectivity index (χ0n) is 15.0. The zero-order valence-corrected chi connectivity index (χ0v) is 15.0. The highest BCUT2D eigenvalue weighted by Crippen LogP contribution is 2.35. The van der Waals surface area contributed by atoms with Gasteiger partial charge in [0.1, 0.15) is 5.75 Å². The van der Waals surface area contributed by atoms with Crippen molar-refractivity contribution in [2.45, 2.75) is 6.92 Å². The summed E-state index contributed by atoms with van der Waals surface area (Å²) in [6.07, 6.45) is 1.83. The first-order valence-electron chi connectivity index (χ1n) is 8.63. The number of fused-ring (bicyclic) bond motifs is 2. The Morgan fingerprint density at radius 2 is 1.81 bits per heavy atom. The van der Waals surface area contributed by atoms with Crippen LogP contribution in [0, 0.1) is 6.92 Å². The van der Waals surface area contributed by atoms with E-state index in [1.165, 1.54) is 0 Å². The molecule has 0 unspecified atom stereocenters. The summed E-state index contributed by atoms with van der Waals surface area (Å²) >= 11 is 0. The van der Waals surface area contributed by atoms with E-state index in [0.717, 1.165) is 51.0 Å². The maximum absolute atomic E-state index is 5.48. The minimum absolute atomic E-state index is 0.256. The van der Waals surface area contributed by atoms with Gasteiger partial charge in [-0.1, -0.05) is 12.1 Å². The molecular formula is C21H17N3O3. The average Bonchev–Trinajstić information content (AvgIpc) is 3.34. The number of hydrogen-bond donors (Lipinski definition) is 0.